The van der Waals surface area contributed by atoms with Gasteiger partial charge in [-0.15, -0.1) is 0 Å². The molecule has 0 unspecified atom stereocenters. The number of alkyl halides is 2. The second-order valence-electron chi connectivity index (χ2n) is 8.72. The fourth-order valence-corrected chi connectivity index (χ4v) is 4.17. The number of fused-ring (bicyclic) bond motifs is 1. The second-order valence-corrected chi connectivity index (χ2v) is 8.72. The summed E-state index contributed by atoms with van der Waals surface area (Å²) < 4.78 is 49.2. The van der Waals surface area contributed by atoms with E-state index in [-0.39, 0.29) is 11.6 Å². The number of halogens is 3. The molecule has 36 heavy (non-hydrogen) atoms. The van der Waals surface area contributed by atoms with Gasteiger partial charge in [-0.05, 0) is 71.9 Å². The van der Waals surface area contributed by atoms with Crippen LogP contribution in [0.1, 0.15) is 34.5 Å². The fourth-order valence-electron chi connectivity index (χ4n) is 4.17. The molecular formula is C29H29F3N2O2. The highest BCUT2D eigenvalue weighted by Gasteiger charge is 2.10. The minimum atomic E-state index is -2.85. The molecule has 4 aromatic rings. The van der Waals surface area contributed by atoms with Gasteiger partial charge < -0.3 is 9.47 Å². The van der Waals surface area contributed by atoms with Gasteiger partial charge in [0.15, 0.2) is 0 Å². The van der Waals surface area contributed by atoms with Gasteiger partial charge in [0.2, 0.25) is 0 Å². The molecule has 0 aliphatic carbocycles. The van der Waals surface area contributed by atoms with Crippen LogP contribution < -0.4 is 4.74 Å². The summed E-state index contributed by atoms with van der Waals surface area (Å²) in [6.07, 6.45) is 8.19. The van der Waals surface area contributed by atoms with Crippen LogP contribution in [0.5, 0.6) is 5.75 Å². The number of rotatable bonds is 12. The topological polar surface area (TPSA) is 44.2 Å². The fraction of sp³-hybridized carbons (Fsp3) is 0.310. The van der Waals surface area contributed by atoms with E-state index >= 15 is 4.39 Å². The van der Waals surface area contributed by atoms with Crippen molar-refractivity contribution in [2.45, 2.75) is 45.1 Å². The van der Waals surface area contributed by atoms with Gasteiger partial charge in [0, 0.05) is 37.9 Å². The van der Waals surface area contributed by atoms with Crippen LogP contribution >= 0.6 is 0 Å². The Morgan fingerprint density at radius 1 is 0.778 bits per heavy atom. The number of benzene rings is 3. The molecule has 7 heteroatoms. The van der Waals surface area contributed by atoms with Crippen LogP contribution in [-0.2, 0) is 36.8 Å². The molecule has 0 aliphatic heterocycles. The van der Waals surface area contributed by atoms with Crippen LogP contribution in [0.25, 0.3) is 10.8 Å². The van der Waals surface area contributed by atoms with Crippen molar-refractivity contribution in [2.24, 2.45) is 0 Å². The van der Waals surface area contributed by atoms with Crippen LogP contribution in [0, 0.1) is 5.82 Å². The Kier molecular flexibility index (Phi) is 8.90. The number of aryl methyl sites for hydroxylation is 5. The molecule has 0 saturated heterocycles. The lowest BCUT2D eigenvalue weighted by Gasteiger charge is -2.10. The lowest BCUT2D eigenvalue weighted by Crippen LogP contribution is -2.02. The molecule has 0 aliphatic rings. The van der Waals surface area contributed by atoms with Crippen molar-refractivity contribution in [2.75, 3.05) is 13.7 Å². The molecule has 3 aromatic carbocycles. The third kappa shape index (κ3) is 7.04. The van der Waals surface area contributed by atoms with Gasteiger partial charge in [-0.1, -0.05) is 42.5 Å². The normalized spacial score (nSPS) is 11.4. The average molecular weight is 495 g/mol. The van der Waals surface area contributed by atoms with E-state index in [0.717, 1.165) is 53.8 Å². The van der Waals surface area contributed by atoms with E-state index in [1.165, 1.54) is 12.1 Å². The second kappa shape index (κ2) is 12.5. The third-order valence-electron chi connectivity index (χ3n) is 6.14. The highest BCUT2D eigenvalue weighted by molar-refractivity contribution is 5.84. The van der Waals surface area contributed by atoms with Gasteiger partial charge in [-0.25, -0.2) is 14.4 Å². The van der Waals surface area contributed by atoms with E-state index in [9.17, 15) is 8.78 Å². The summed E-state index contributed by atoms with van der Waals surface area (Å²) in [4.78, 5) is 8.94. The van der Waals surface area contributed by atoms with Crippen LogP contribution in [0.2, 0.25) is 0 Å². The Bertz CT molecular complexity index is 1260. The van der Waals surface area contributed by atoms with Gasteiger partial charge in [0.25, 0.3) is 0 Å². The summed E-state index contributed by atoms with van der Waals surface area (Å²) >= 11 is 0. The average Bonchev–Trinajstić information content (AvgIpc) is 2.88. The molecule has 188 valence electrons. The molecule has 0 amide bonds. The maximum absolute atomic E-state index is 15.2. The molecule has 1 heterocycles. The molecule has 0 atom stereocenters. The lowest BCUT2D eigenvalue weighted by atomic mass is 9.98. The summed E-state index contributed by atoms with van der Waals surface area (Å²) in [6, 6.07) is 16.0. The van der Waals surface area contributed by atoms with E-state index in [1.807, 2.05) is 42.7 Å². The Morgan fingerprint density at radius 2 is 1.50 bits per heavy atom. The molecule has 4 nitrogen and oxygen atoms in total. The highest BCUT2D eigenvalue weighted by Crippen LogP contribution is 2.25. The maximum atomic E-state index is 15.2. The van der Waals surface area contributed by atoms with E-state index < -0.39 is 6.61 Å². The highest BCUT2D eigenvalue weighted by atomic mass is 19.3. The van der Waals surface area contributed by atoms with Crippen LogP contribution in [0.3, 0.4) is 0 Å². The predicted octanol–water partition coefficient (Wildman–Crippen LogP) is 6.52. The number of aromatic nitrogens is 2. The van der Waals surface area contributed by atoms with Crippen molar-refractivity contribution in [1.29, 1.82) is 0 Å². The van der Waals surface area contributed by atoms with Crippen molar-refractivity contribution >= 4 is 10.8 Å². The number of hydrogen-bond acceptors (Lipinski definition) is 4. The zero-order chi connectivity index (χ0) is 25.3. The Hall–Kier alpha value is -3.45. The van der Waals surface area contributed by atoms with Crippen molar-refractivity contribution in [3.63, 3.8) is 0 Å². The molecule has 0 spiro atoms. The summed E-state index contributed by atoms with van der Waals surface area (Å²) in [5.41, 5.74) is 3.76. The summed E-state index contributed by atoms with van der Waals surface area (Å²) in [5.74, 6) is 0.688. The standard InChI is InChI=1S/C29H29F3N2O2/c1-35-16-2-3-22-18-33-27(34-19-22)15-8-21-7-14-26-24(17-21)11-10-23(28(26)30)9-4-20-5-12-25(13-6-20)36-29(31)32/h5-7,10-14,17-19,29H,2-4,8-9,15-16H2,1H3. The van der Waals surface area contributed by atoms with Crippen molar-refractivity contribution in [1.82, 2.24) is 9.97 Å². The quantitative estimate of drug-likeness (QED) is 0.210. The van der Waals surface area contributed by atoms with Gasteiger partial charge in [0.05, 0.1) is 0 Å². The van der Waals surface area contributed by atoms with Gasteiger partial charge in [-0.3, -0.25) is 0 Å². The third-order valence-corrected chi connectivity index (χ3v) is 6.14. The van der Waals surface area contributed by atoms with Crippen molar-refractivity contribution in [3.05, 3.63) is 101 Å². The van der Waals surface area contributed by atoms with Gasteiger partial charge >= 0.3 is 6.61 Å². The molecule has 0 fully saturated rings. The monoisotopic (exact) mass is 494 g/mol. The zero-order valence-corrected chi connectivity index (χ0v) is 20.2. The number of hydrogen-bond donors (Lipinski definition) is 0. The molecular weight excluding hydrogens is 465 g/mol. The first-order valence-corrected chi connectivity index (χ1v) is 12.0. The van der Waals surface area contributed by atoms with Gasteiger partial charge in [0.1, 0.15) is 17.4 Å². The van der Waals surface area contributed by atoms with Crippen LogP contribution in [-0.4, -0.2) is 30.3 Å². The first-order valence-electron chi connectivity index (χ1n) is 12.0. The number of ether oxygens (including phenoxy) is 2. The minimum absolute atomic E-state index is 0.114. The minimum Gasteiger partial charge on any atom is -0.435 e. The lowest BCUT2D eigenvalue weighted by molar-refractivity contribution is -0.0498. The summed E-state index contributed by atoms with van der Waals surface area (Å²) in [6.45, 7) is -2.12. The first-order chi connectivity index (χ1) is 17.5. The Morgan fingerprint density at radius 3 is 2.22 bits per heavy atom. The van der Waals surface area contributed by atoms with Crippen LogP contribution in [0.4, 0.5) is 13.2 Å². The molecule has 1 aromatic heterocycles. The number of nitrogens with zero attached hydrogens (tertiary/aromatic N) is 2. The zero-order valence-electron chi connectivity index (χ0n) is 20.2. The first kappa shape index (κ1) is 25.6. The molecule has 0 N–H and O–H groups in total. The van der Waals surface area contributed by atoms with Crippen molar-refractivity contribution < 1.29 is 22.6 Å². The van der Waals surface area contributed by atoms with E-state index in [1.54, 1.807) is 19.2 Å². The Labute approximate surface area is 209 Å². The molecule has 0 saturated carbocycles. The predicted molar refractivity (Wildman–Crippen MR) is 134 cm³/mol. The largest absolute Gasteiger partial charge is 0.435 e. The van der Waals surface area contributed by atoms with E-state index in [4.69, 9.17) is 4.74 Å². The Balaban J connectivity index is 1.35. The van der Waals surface area contributed by atoms with Crippen LogP contribution in [0.15, 0.2) is 67.0 Å². The van der Waals surface area contributed by atoms with Crippen molar-refractivity contribution in [3.8, 4) is 5.75 Å². The summed E-state index contributed by atoms with van der Waals surface area (Å²) in [5, 5.41) is 1.45. The SMILES string of the molecule is COCCCc1cnc(CCc2ccc3c(F)c(CCc4ccc(OC(F)F)cc4)ccc3c2)nc1. The number of methoxy groups -OCH3 is 1. The summed E-state index contributed by atoms with van der Waals surface area (Å²) in [7, 11) is 1.70. The van der Waals surface area contributed by atoms with E-state index in [0.29, 0.717) is 30.2 Å². The smallest absolute Gasteiger partial charge is 0.387 e. The van der Waals surface area contributed by atoms with E-state index in [2.05, 4.69) is 14.7 Å². The molecule has 0 radical (unpaired) electrons. The molecule has 4 rings (SSSR count). The molecule has 0 bridgehead atoms. The van der Waals surface area contributed by atoms with Gasteiger partial charge in [-0.2, -0.15) is 8.78 Å². The maximum Gasteiger partial charge on any atom is 0.387 e.